The van der Waals surface area contributed by atoms with Crippen molar-refractivity contribution in [3.63, 3.8) is 0 Å². The molecule has 1 aromatic rings. The fraction of sp³-hybridized carbons (Fsp3) is 0.571. The first kappa shape index (κ1) is 11.6. The highest BCUT2D eigenvalue weighted by molar-refractivity contribution is 5.31. The Labute approximate surface area is 97.7 Å². The van der Waals surface area contributed by atoms with Gasteiger partial charge in [-0.25, -0.2) is 0 Å². The Balaban J connectivity index is 2.18. The van der Waals surface area contributed by atoms with Crippen molar-refractivity contribution in [2.24, 2.45) is 0 Å². The summed E-state index contributed by atoms with van der Waals surface area (Å²) in [5, 5.41) is 14.0. The number of hydrogen-bond acceptors (Lipinski definition) is 2. The molecule has 16 heavy (non-hydrogen) atoms. The lowest BCUT2D eigenvalue weighted by Gasteiger charge is -2.37. The van der Waals surface area contributed by atoms with Crippen molar-refractivity contribution in [1.82, 2.24) is 5.32 Å². The van der Waals surface area contributed by atoms with Crippen molar-refractivity contribution in [1.29, 1.82) is 0 Å². The van der Waals surface area contributed by atoms with Crippen molar-refractivity contribution in [2.45, 2.75) is 44.2 Å². The van der Waals surface area contributed by atoms with Gasteiger partial charge in [-0.1, -0.05) is 24.3 Å². The lowest BCUT2D eigenvalue weighted by molar-refractivity contribution is -0.00815. The maximum atomic E-state index is 10.7. The highest BCUT2D eigenvalue weighted by Gasteiger charge is 2.34. The molecular formula is C14H21NO. The first-order chi connectivity index (χ1) is 7.65. The number of benzene rings is 1. The molecule has 0 heterocycles. The topological polar surface area (TPSA) is 32.3 Å². The Kier molecular flexibility index (Phi) is 3.31. The highest BCUT2D eigenvalue weighted by atomic mass is 16.3. The Morgan fingerprint density at radius 3 is 2.44 bits per heavy atom. The van der Waals surface area contributed by atoms with Crippen LogP contribution in [0.25, 0.3) is 0 Å². The van der Waals surface area contributed by atoms with Crippen molar-refractivity contribution in [3.8, 4) is 0 Å². The summed E-state index contributed by atoms with van der Waals surface area (Å²) >= 11 is 0. The summed E-state index contributed by atoms with van der Waals surface area (Å²) in [7, 11) is 2.00. The third-order valence-electron chi connectivity index (χ3n) is 3.87. The number of hydrogen-bond donors (Lipinski definition) is 2. The summed E-state index contributed by atoms with van der Waals surface area (Å²) in [5.74, 6) is 0. The van der Waals surface area contributed by atoms with Crippen LogP contribution in [0.2, 0.25) is 0 Å². The van der Waals surface area contributed by atoms with Gasteiger partial charge in [0.1, 0.15) is 0 Å². The van der Waals surface area contributed by atoms with Gasteiger partial charge >= 0.3 is 0 Å². The Hall–Kier alpha value is -0.860. The molecular weight excluding hydrogens is 198 g/mol. The summed E-state index contributed by atoms with van der Waals surface area (Å²) in [6, 6.07) is 8.77. The van der Waals surface area contributed by atoms with Crippen LogP contribution in [0.4, 0.5) is 0 Å². The zero-order valence-electron chi connectivity index (χ0n) is 10.2. The van der Waals surface area contributed by atoms with Crippen LogP contribution < -0.4 is 5.32 Å². The average molecular weight is 219 g/mol. The lowest BCUT2D eigenvalue weighted by Crippen LogP contribution is -2.38. The van der Waals surface area contributed by atoms with Gasteiger partial charge in [-0.3, -0.25) is 0 Å². The van der Waals surface area contributed by atoms with E-state index in [4.69, 9.17) is 0 Å². The smallest absolute Gasteiger partial charge is 0.0900 e. The molecule has 1 saturated carbocycles. The minimum Gasteiger partial charge on any atom is -0.385 e. The van der Waals surface area contributed by atoms with Crippen molar-refractivity contribution < 1.29 is 5.11 Å². The van der Waals surface area contributed by atoms with Gasteiger partial charge in [0.05, 0.1) is 5.60 Å². The van der Waals surface area contributed by atoms with Crippen LogP contribution in [0.5, 0.6) is 0 Å². The predicted molar refractivity (Wildman–Crippen MR) is 66.4 cm³/mol. The summed E-state index contributed by atoms with van der Waals surface area (Å²) in [6.07, 6.45) is 3.84. The fourth-order valence-electron chi connectivity index (χ4n) is 2.75. The number of aliphatic hydroxyl groups is 1. The van der Waals surface area contributed by atoms with E-state index in [1.54, 1.807) is 0 Å². The first-order valence-corrected chi connectivity index (χ1v) is 6.11. The van der Waals surface area contributed by atoms with Gasteiger partial charge in [-0.15, -0.1) is 0 Å². The third-order valence-corrected chi connectivity index (χ3v) is 3.87. The molecule has 0 atom stereocenters. The molecule has 0 bridgehead atoms. The second-order valence-corrected chi connectivity index (χ2v) is 4.91. The maximum absolute atomic E-state index is 10.7. The van der Waals surface area contributed by atoms with E-state index in [0.29, 0.717) is 6.04 Å². The monoisotopic (exact) mass is 219 g/mol. The number of rotatable bonds is 2. The molecule has 1 aliphatic rings. The average Bonchev–Trinajstić information content (AvgIpc) is 2.30. The normalized spacial score (nSPS) is 30.3. The fourth-order valence-corrected chi connectivity index (χ4v) is 2.75. The first-order valence-electron chi connectivity index (χ1n) is 6.11. The standard InChI is InChI=1S/C14H21NO/c1-11-5-3-4-6-13(11)14(16)9-7-12(15-2)8-10-14/h3-6,12,15-16H,7-10H2,1-2H3. The van der Waals surface area contributed by atoms with Crippen LogP contribution in [0.1, 0.15) is 36.8 Å². The van der Waals surface area contributed by atoms with E-state index in [1.807, 2.05) is 19.2 Å². The lowest BCUT2D eigenvalue weighted by atomic mass is 9.76. The molecule has 0 aliphatic heterocycles. The molecule has 2 nitrogen and oxygen atoms in total. The number of aryl methyl sites for hydroxylation is 1. The van der Waals surface area contributed by atoms with Crippen molar-refractivity contribution in [3.05, 3.63) is 35.4 Å². The van der Waals surface area contributed by atoms with Crippen LogP contribution in [-0.2, 0) is 5.60 Å². The maximum Gasteiger partial charge on any atom is 0.0900 e. The Morgan fingerprint density at radius 2 is 1.88 bits per heavy atom. The van der Waals surface area contributed by atoms with Crippen LogP contribution >= 0.6 is 0 Å². The van der Waals surface area contributed by atoms with Gasteiger partial charge in [0, 0.05) is 6.04 Å². The van der Waals surface area contributed by atoms with Gasteiger partial charge in [0.2, 0.25) is 0 Å². The largest absolute Gasteiger partial charge is 0.385 e. The summed E-state index contributed by atoms with van der Waals surface area (Å²) < 4.78 is 0. The molecule has 0 aromatic heterocycles. The molecule has 0 amide bonds. The molecule has 88 valence electrons. The summed E-state index contributed by atoms with van der Waals surface area (Å²) in [5.41, 5.74) is 1.72. The Bertz CT molecular complexity index is 354. The van der Waals surface area contributed by atoms with Gasteiger partial charge in [0.25, 0.3) is 0 Å². The molecule has 2 N–H and O–H groups in total. The van der Waals surface area contributed by atoms with E-state index in [-0.39, 0.29) is 0 Å². The zero-order valence-corrected chi connectivity index (χ0v) is 10.2. The molecule has 1 aromatic carbocycles. The van der Waals surface area contributed by atoms with E-state index in [9.17, 15) is 5.11 Å². The molecule has 2 rings (SSSR count). The van der Waals surface area contributed by atoms with E-state index < -0.39 is 5.60 Å². The summed E-state index contributed by atoms with van der Waals surface area (Å²) in [6.45, 7) is 2.08. The van der Waals surface area contributed by atoms with Crippen molar-refractivity contribution in [2.75, 3.05) is 7.05 Å². The van der Waals surface area contributed by atoms with Crippen LogP contribution in [-0.4, -0.2) is 18.2 Å². The second-order valence-electron chi connectivity index (χ2n) is 4.91. The quantitative estimate of drug-likeness (QED) is 0.800. The van der Waals surface area contributed by atoms with E-state index in [2.05, 4.69) is 24.4 Å². The predicted octanol–water partition coefficient (Wildman–Crippen LogP) is 2.34. The summed E-state index contributed by atoms with van der Waals surface area (Å²) in [4.78, 5) is 0. The van der Waals surface area contributed by atoms with Gasteiger partial charge in [-0.05, 0) is 50.8 Å². The minimum atomic E-state index is -0.599. The third kappa shape index (κ3) is 2.13. The Morgan fingerprint density at radius 1 is 1.25 bits per heavy atom. The van der Waals surface area contributed by atoms with E-state index in [0.717, 1.165) is 31.2 Å². The number of nitrogens with one attached hydrogen (secondary N) is 1. The van der Waals surface area contributed by atoms with Gasteiger partial charge in [-0.2, -0.15) is 0 Å². The van der Waals surface area contributed by atoms with Crippen molar-refractivity contribution >= 4 is 0 Å². The SMILES string of the molecule is CNC1CCC(O)(c2ccccc2C)CC1. The molecule has 1 aliphatic carbocycles. The molecule has 2 heteroatoms. The highest BCUT2D eigenvalue weighted by Crippen LogP contribution is 2.38. The molecule has 1 fully saturated rings. The molecule has 0 spiro atoms. The molecule has 0 radical (unpaired) electrons. The molecule has 0 saturated heterocycles. The molecule has 0 unspecified atom stereocenters. The van der Waals surface area contributed by atoms with Gasteiger partial charge < -0.3 is 10.4 Å². The van der Waals surface area contributed by atoms with E-state index in [1.165, 1.54) is 5.56 Å². The van der Waals surface area contributed by atoms with E-state index >= 15 is 0 Å². The van der Waals surface area contributed by atoms with Crippen LogP contribution in [0, 0.1) is 6.92 Å². The van der Waals surface area contributed by atoms with Gasteiger partial charge in [0.15, 0.2) is 0 Å². The van der Waals surface area contributed by atoms with Crippen LogP contribution in [0.3, 0.4) is 0 Å². The second kappa shape index (κ2) is 4.56. The van der Waals surface area contributed by atoms with Crippen LogP contribution in [0.15, 0.2) is 24.3 Å². The minimum absolute atomic E-state index is 0.573. The zero-order chi connectivity index (χ0) is 11.6.